The first-order valence-electron chi connectivity index (χ1n) is 7.26. The molecule has 2 heterocycles. The zero-order valence-electron chi connectivity index (χ0n) is 13.4. The van der Waals surface area contributed by atoms with Gasteiger partial charge < -0.3 is 24.7 Å². The molecule has 0 radical (unpaired) electrons. The molecule has 0 aliphatic rings. The highest BCUT2D eigenvalue weighted by Crippen LogP contribution is 2.25. The maximum Gasteiger partial charge on any atom is 0.191 e. The number of guanidine groups is 1. The first-order chi connectivity index (χ1) is 11.0. The summed E-state index contributed by atoms with van der Waals surface area (Å²) in [4.78, 5) is 4.47. The summed E-state index contributed by atoms with van der Waals surface area (Å²) in [6.45, 7) is 3.37. The number of furan rings is 1. The van der Waals surface area contributed by atoms with E-state index in [-0.39, 0.29) is 30.5 Å². The average Bonchev–Trinajstić information content (AvgIpc) is 3.15. The lowest BCUT2D eigenvalue weighted by Crippen LogP contribution is -2.39. The highest BCUT2D eigenvalue weighted by Gasteiger charge is 2.12. The Labute approximate surface area is 168 Å². The summed E-state index contributed by atoms with van der Waals surface area (Å²) in [6.07, 6.45) is 0.786. The summed E-state index contributed by atoms with van der Waals surface area (Å²) in [6, 6.07) is 5.25. The van der Waals surface area contributed by atoms with Gasteiger partial charge in [0.1, 0.15) is 17.0 Å². The van der Waals surface area contributed by atoms with Crippen LogP contribution in [-0.4, -0.2) is 28.7 Å². The molecule has 1 atom stereocenters. The molecule has 0 aliphatic carbocycles. The molecule has 0 saturated carbocycles. The number of rotatable bonds is 6. The van der Waals surface area contributed by atoms with E-state index < -0.39 is 6.10 Å². The fourth-order valence-corrected chi connectivity index (χ4v) is 2.43. The molecule has 0 aliphatic heterocycles. The maximum absolute atomic E-state index is 10.0. The fourth-order valence-electron chi connectivity index (χ4n) is 2.02. The fraction of sp³-hybridized carbons (Fsp3) is 0.400. The van der Waals surface area contributed by atoms with Crippen molar-refractivity contribution in [2.24, 2.45) is 12.0 Å². The van der Waals surface area contributed by atoms with Gasteiger partial charge in [-0.1, -0.05) is 23.2 Å². The van der Waals surface area contributed by atoms with Crippen LogP contribution in [0.5, 0.6) is 0 Å². The van der Waals surface area contributed by atoms with Crippen LogP contribution in [0, 0.1) is 0 Å². The lowest BCUT2D eigenvalue weighted by molar-refractivity contribution is 0.153. The summed E-state index contributed by atoms with van der Waals surface area (Å²) in [5, 5.41) is 17.2. The largest absolute Gasteiger partial charge is 0.467 e. The normalized spacial score (nSPS) is 12.6. The maximum atomic E-state index is 10.0. The van der Waals surface area contributed by atoms with E-state index in [0.717, 1.165) is 5.69 Å². The second-order valence-electron chi connectivity index (χ2n) is 4.94. The predicted octanol–water partition coefficient (Wildman–Crippen LogP) is 3.33. The summed E-state index contributed by atoms with van der Waals surface area (Å²) in [5.41, 5.74) is 0.892. The molecule has 3 N–H and O–H groups in total. The smallest absolute Gasteiger partial charge is 0.191 e. The van der Waals surface area contributed by atoms with Crippen LogP contribution in [0.15, 0.2) is 33.9 Å². The Kier molecular flexibility index (Phi) is 8.96. The summed E-state index contributed by atoms with van der Waals surface area (Å²) in [5.74, 6) is 1.10. The van der Waals surface area contributed by atoms with E-state index in [1.54, 1.807) is 22.8 Å². The summed E-state index contributed by atoms with van der Waals surface area (Å²) in [7, 11) is 1.83. The lowest BCUT2D eigenvalue weighted by atomic mass is 10.3. The number of aromatic nitrogens is 1. The molecule has 9 heteroatoms. The minimum Gasteiger partial charge on any atom is -0.467 e. The number of hydrogen-bond acceptors (Lipinski definition) is 3. The van der Waals surface area contributed by atoms with E-state index in [9.17, 15) is 5.11 Å². The zero-order chi connectivity index (χ0) is 16.8. The van der Waals surface area contributed by atoms with Gasteiger partial charge in [-0.3, -0.25) is 0 Å². The minimum absolute atomic E-state index is 0. The van der Waals surface area contributed by atoms with Crippen molar-refractivity contribution >= 4 is 53.1 Å². The highest BCUT2D eigenvalue weighted by atomic mass is 127. The molecule has 6 nitrogen and oxygen atoms in total. The van der Waals surface area contributed by atoms with Crippen molar-refractivity contribution in [2.45, 2.75) is 19.6 Å². The first-order valence-corrected chi connectivity index (χ1v) is 8.01. The van der Waals surface area contributed by atoms with Gasteiger partial charge in [-0.2, -0.15) is 0 Å². The molecule has 0 spiro atoms. The van der Waals surface area contributed by atoms with Crippen molar-refractivity contribution in [1.29, 1.82) is 0 Å². The van der Waals surface area contributed by atoms with Crippen LogP contribution in [-0.2, 0) is 13.6 Å². The SMILES string of the molecule is CCNC(=NCc1cc(Cl)c(Cl)n1C)NCC(O)c1ccco1.I. The van der Waals surface area contributed by atoms with Crippen molar-refractivity contribution in [3.05, 3.63) is 46.1 Å². The number of nitrogens with zero attached hydrogens (tertiary/aromatic N) is 2. The van der Waals surface area contributed by atoms with Crippen molar-refractivity contribution < 1.29 is 9.52 Å². The highest BCUT2D eigenvalue weighted by molar-refractivity contribution is 14.0. The molecular weight excluding hydrogens is 466 g/mol. The topological polar surface area (TPSA) is 74.7 Å². The van der Waals surface area contributed by atoms with Crippen molar-refractivity contribution in [3.63, 3.8) is 0 Å². The number of aliphatic imine (C=N–C) groups is 1. The molecule has 24 heavy (non-hydrogen) atoms. The number of hydrogen-bond donors (Lipinski definition) is 3. The Morgan fingerprint density at radius 1 is 1.42 bits per heavy atom. The van der Waals surface area contributed by atoms with Crippen molar-refractivity contribution in [3.8, 4) is 0 Å². The Morgan fingerprint density at radius 3 is 2.71 bits per heavy atom. The van der Waals surface area contributed by atoms with E-state index in [1.807, 2.05) is 14.0 Å². The van der Waals surface area contributed by atoms with Crippen molar-refractivity contribution in [2.75, 3.05) is 13.1 Å². The zero-order valence-corrected chi connectivity index (χ0v) is 17.3. The van der Waals surface area contributed by atoms with Crippen molar-refractivity contribution in [1.82, 2.24) is 15.2 Å². The van der Waals surface area contributed by atoms with Gasteiger partial charge in [0.15, 0.2) is 5.96 Å². The van der Waals surface area contributed by atoms with Gasteiger partial charge in [0.05, 0.1) is 24.4 Å². The molecule has 0 bridgehead atoms. The van der Waals surface area contributed by atoms with Gasteiger partial charge in [-0.15, -0.1) is 24.0 Å². The second-order valence-corrected chi connectivity index (χ2v) is 5.71. The Hall–Kier alpha value is -0.900. The molecule has 0 saturated heterocycles. The molecule has 0 amide bonds. The summed E-state index contributed by atoms with van der Waals surface area (Å²) < 4.78 is 6.95. The number of nitrogens with one attached hydrogen (secondary N) is 2. The third-order valence-electron chi connectivity index (χ3n) is 3.29. The van der Waals surface area contributed by atoms with Gasteiger partial charge in [-0.25, -0.2) is 4.99 Å². The number of halogens is 3. The quantitative estimate of drug-likeness (QED) is 0.332. The molecule has 2 aromatic heterocycles. The summed E-state index contributed by atoms with van der Waals surface area (Å²) >= 11 is 12.0. The average molecular weight is 487 g/mol. The van der Waals surface area contributed by atoms with Gasteiger partial charge in [0.2, 0.25) is 0 Å². The van der Waals surface area contributed by atoms with Gasteiger partial charge in [-0.05, 0) is 25.1 Å². The van der Waals surface area contributed by atoms with Crippen LogP contribution in [0.1, 0.15) is 24.5 Å². The van der Waals surface area contributed by atoms with Crippen LogP contribution >= 0.6 is 47.2 Å². The van der Waals surface area contributed by atoms with E-state index in [4.69, 9.17) is 27.6 Å². The van der Waals surface area contributed by atoms with E-state index in [0.29, 0.717) is 35.0 Å². The molecule has 134 valence electrons. The van der Waals surface area contributed by atoms with Gasteiger partial charge in [0.25, 0.3) is 0 Å². The van der Waals surface area contributed by atoms with Crippen LogP contribution < -0.4 is 10.6 Å². The van der Waals surface area contributed by atoms with Crippen LogP contribution in [0.3, 0.4) is 0 Å². The third kappa shape index (κ3) is 5.58. The van der Waals surface area contributed by atoms with Gasteiger partial charge >= 0.3 is 0 Å². The van der Waals surface area contributed by atoms with E-state index in [1.165, 1.54) is 6.26 Å². The first kappa shape index (κ1) is 21.1. The minimum atomic E-state index is -0.743. The van der Waals surface area contributed by atoms with Crippen LogP contribution in [0.25, 0.3) is 0 Å². The molecule has 0 aromatic carbocycles. The molecule has 1 unspecified atom stereocenters. The monoisotopic (exact) mass is 486 g/mol. The number of aliphatic hydroxyl groups excluding tert-OH is 1. The predicted molar refractivity (Wildman–Crippen MR) is 107 cm³/mol. The molecule has 2 rings (SSSR count). The second kappa shape index (κ2) is 10.2. The third-order valence-corrected chi connectivity index (χ3v) is 4.14. The van der Waals surface area contributed by atoms with Crippen LogP contribution in [0.2, 0.25) is 10.2 Å². The lowest BCUT2D eigenvalue weighted by Gasteiger charge is -2.14. The van der Waals surface area contributed by atoms with E-state index in [2.05, 4.69) is 15.6 Å². The molecular formula is C15H21Cl2IN4O2. The number of aliphatic hydroxyl groups is 1. The van der Waals surface area contributed by atoms with E-state index >= 15 is 0 Å². The Balaban J connectivity index is 0.00000288. The Morgan fingerprint density at radius 2 is 2.17 bits per heavy atom. The molecule has 0 fully saturated rings. The Bertz CT molecular complexity index is 659. The van der Waals surface area contributed by atoms with Crippen LogP contribution in [0.4, 0.5) is 0 Å². The standard InChI is InChI=1S/C15H20Cl2N4O2.HI/c1-3-18-15(20-9-12(22)13-5-4-6-23-13)19-8-10-7-11(16)14(17)21(10)2;/h4-7,12,22H,3,8-9H2,1-2H3,(H2,18,19,20);1H. The molecule has 2 aromatic rings. The van der Waals surface area contributed by atoms with Gasteiger partial charge in [0, 0.05) is 19.3 Å².